The van der Waals surface area contributed by atoms with Gasteiger partial charge in [0.15, 0.2) is 11.5 Å². The second-order valence-electron chi connectivity index (χ2n) is 5.24. The van der Waals surface area contributed by atoms with E-state index in [2.05, 4.69) is 21.2 Å². The zero-order valence-electron chi connectivity index (χ0n) is 14.9. The van der Waals surface area contributed by atoms with Crippen LogP contribution in [0.1, 0.15) is 15.9 Å². The standard InChI is InChI=1S/C19H18BrNO6/c1-25-15-8-4-11(17(26-2)18(15)27-3)5-9-16(23)21-19(24)13-10-12(20)6-7-14(13)22/h4-10,22H,1-3H3,(H,21,23,24)/b9-5+. The van der Waals surface area contributed by atoms with Gasteiger partial charge in [-0.05, 0) is 36.4 Å². The molecule has 27 heavy (non-hydrogen) atoms. The number of rotatable bonds is 6. The summed E-state index contributed by atoms with van der Waals surface area (Å²) >= 11 is 3.21. The van der Waals surface area contributed by atoms with Gasteiger partial charge in [-0.3, -0.25) is 14.9 Å². The molecular formula is C19H18BrNO6. The lowest BCUT2D eigenvalue weighted by Gasteiger charge is -2.13. The minimum Gasteiger partial charge on any atom is -0.507 e. The van der Waals surface area contributed by atoms with Crippen molar-refractivity contribution < 1.29 is 28.9 Å². The van der Waals surface area contributed by atoms with Crippen LogP contribution in [0.4, 0.5) is 0 Å². The molecule has 2 aromatic carbocycles. The Labute approximate surface area is 164 Å². The van der Waals surface area contributed by atoms with Crippen LogP contribution >= 0.6 is 15.9 Å². The van der Waals surface area contributed by atoms with E-state index < -0.39 is 11.8 Å². The number of ether oxygens (including phenoxy) is 3. The predicted octanol–water partition coefficient (Wildman–Crippen LogP) is 3.15. The summed E-state index contributed by atoms with van der Waals surface area (Å²) in [7, 11) is 4.45. The van der Waals surface area contributed by atoms with E-state index in [4.69, 9.17) is 14.2 Å². The molecular weight excluding hydrogens is 418 g/mol. The van der Waals surface area contributed by atoms with Crippen LogP contribution in [0, 0.1) is 0 Å². The van der Waals surface area contributed by atoms with E-state index >= 15 is 0 Å². The molecule has 0 aliphatic heterocycles. The molecule has 0 aliphatic rings. The van der Waals surface area contributed by atoms with Gasteiger partial charge in [0.1, 0.15) is 5.75 Å². The quantitative estimate of drug-likeness (QED) is 0.676. The highest BCUT2D eigenvalue weighted by Crippen LogP contribution is 2.40. The first-order chi connectivity index (χ1) is 12.9. The molecule has 0 bridgehead atoms. The molecule has 142 valence electrons. The largest absolute Gasteiger partial charge is 0.507 e. The molecule has 0 heterocycles. The van der Waals surface area contributed by atoms with Crippen molar-refractivity contribution in [1.29, 1.82) is 0 Å². The molecule has 0 atom stereocenters. The van der Waals surface area contributed by atoms with E-state index in [9.17, 15) is 14.7 Å². The number of amides is 2. The van der Waals surface area contributed by atoms with Crippen LogP contribution in [-0.2, 0) is 4.79 Å². The number of benzene rings is 2. The van der Waals surface area contributed by atoms with E-state index in [1.807, 2.05) is 0 Å². The van der Waals surface area contributed by atoms with Gasteiger partial charge in [0, 0.05) is 16.1 Å². The molecule has 0 aromatic heterocycles. The molecule has 2 rings (SSSR count). The Bertz CT molecular complexity index is 894. The van der Waals surface area contributed by atoms with Crippen molar-refractivity contribution in [2.45, 2.75) is 0 Å². The van der Waals surface area contributed by atoms with E-state index in [1.54, 1.807) is 18.2 Å². The Hall–Kier alpha value is -3.00. The summed E-state index contributed by atoms with van der Waals surface area (Å²) in [5.41, 5.74) is 0.540. The molecule has 0 fully saturated rings. The maximum absolute atomic E-state index is 12.1. The summed E-state index contributed by atoms with van der Waals surface area (Å²) in [6.45, 7) is 0. The number of phenols is 1. The molecule has 2 aromatic rings. The van der Waals surface area contributed by atoms with Crippen molar-refractivity contribution in [3.63, 3.8) is 0 Å². The van der Waals surface area contributed by atoms with Gasteiger partial charge >= 0.3 is 0 Å². The van der Waals surface area contributed by atoms with E-state index in [-0.39, 0.29) is 11.3 Å². The summed E-state index contributed by atoms with van der Waals surface area (Å²) in [4.78, 5) is 24.2. The molecule has 0 saturated heterocycles. The number of nitrogens with one attached hydrogen (secondary N) is 1. The fraction of sp³-hybridized carbons (Fsp3) is 0.158. The minimum atomic E-state index is -0.720. The van der Waals surface area contributed by atoms with Crippen LogP contribution in [0.15, 0.2) is 40.9 Å². The number of phenolic OH excluding ortho intramolecular Hbond substituents is 1. The average Bonchev–Trinajstić information content (AvgIpc) is 2.66. The summed E-state index contributed by atoms with van der Waals surface area (Å²) in [6, 6.07) is 7.71. The Morgan fingerprint density at radius 2 is 1.74 bits per heavy atom. The highest BCUT2D eigenvalue weighted by atomic mass is 79.9. The minimum absolute atomic E-state index is 0.0187. The van der Waals surface area contributed by atoms with E-state index in [1.165, 1.54) is 45.6 Å². The molecule has 2 amide bonds. The number of imide groups is 1. The first-order valence-electron chi connectivity index (χ1n) is 7.72. The molecule has 0 unspecified atom stereocenters. The maximum Gasteiger partial charge on any atom is 0.261 e. The van der Waals surface area contributed by atoms with Crippen LogP contribution in [-0.4, -0.2) is 38.3 Å². The maximum atomic E-state index is 12.1. The van der Waals surface area contributed by atoms with Crippen molar-refractivity contribution in [2.75, 3.05) is 21.3 Å². The second-order valence-corrected chi connectivity index (χ2v) is 6.15. The number of methoxy groups -OCH3 is 3. The number of aromatic hydroxyl groups is 1. The molecule has 7 nitrogen and oxygen atoms in total. The number of hydrogen-bond donors (Lipinski definition) is 2. The lowest BCUT2D eigenvalue weighted by atomic mass is 10.1. The van der Waals surface area contributed by atoms with Gasteiger partial charge in [0.05, 0.1) is 26.9 Å². The third-order valence-corrected chi connectivity index (χ3v) is 4.08. The van der Waals surface area contributed by atoms with E-state index in [0.29, 0.717) is 27.3 Å². The van der Waals surface area contributed by atoms with Crippen LogP contribution in [0.25, 0.3) is 6.08 Å². The molecule has 2 N–H and O–H groups in total. The Kier molecular flexibility index (Phi) is 6.84. The van der Waals surface area contributed by atoms with Crippen molar-refractivity contribution >= 4 is 33.8 Å². The topological polar surface area (TPSA) is 94.1 Å². The lowest BCUT2D eigenvalue weighted by molar-refractivity contribution is -0.115. The molecule has 0 aliphatic carbocycles. The second kappa shape index (κ2) is 9.09. The van der Waals surface area contributed by atoms with Gasteiger partial charge in [-0.25, -0.2) is 0 Å². The highest BCUT2D eigenvalue weighted by molar-refractivity contribution is 9.10. The van der Waals surface area contributed by atoms with Gasteiger partial charge in [-0.2, -0.15) is 0 Å². The number of hydrogen-bond acceptors (Lipinski definition) is 6. The van der Waals surface area contributed by atoms with Gasteiger partial charge in [0.2, 0.25) is 5.75 Å². The van der Waals surface area contributed by atoms with Crippen molar-refractivity contribution in [3.05, 3.63) is 52.0 Å². The summed E-state index contributed by atoms with van der Waals surface area (Å²) in [5.74, 6) is -0.348. The molecule has 0 radical (unpaired) electrons. The average molecular weight is 436 g/mol. The molecule has 0 spiro atoms. The monoisotopic (exact) mass is 435 g/mol. The van der Waals surface area contributed by atoms with Crippen molar-refractivity contribution in [2.24, 2.45) is 0 Å². The van der Waals surface area contributed by atoms with Crippen molar-refractivity contribution in [3.8, 4) is 23.0 Å². The Morgan fingerprint density at radius 3 is 2.37 bits per heavy atom. The normalized spacial score (nSPS) is 10.5. The van der Waals surface area contributed by atoms with Crippen LogP contribution < -0.4 is 19.5 Å². The van der Waals surface area contributed by atoms with Crippen LogP contribution in [0.3, 0.4) is 0 Å². The molecule has 0 saturated carbocycles. The van der Waals surface area contributed by atoms with Crippen molar-refractivity contribution in [1.82, 2.24) is 5.32 Å². The third-order valence-electron chi connectivity index (χ3n) is 3.59. The first kappa shape index (κ1) is 20.3. The number of carbonyl (C=O) groups excluding carboxylic acids is 2. The van der Waals surface area contributed by atoms with Gasteiger partial charge in [0.25, 0.3) is 11.8 Å². The fourth-order valence-corrected chi connectivity index (χ4v) is 2.69. The van der Waals surface area contributed by atoms with Gasteiger partial charge in [-0.1, -0.05) is 15.9 Å². The Morgan fingerprint density at radius 1 is 1.04 bits per heavy atom. The summed E-state index contributed by atoms with van der Waals surface area (Å²) < 4.78 is 16.4. The van der Waals surface area contributed by atoms with Gasteiger partial charge in [-0.15, -0.1) is 0 Å². The highest BCUT2D eigenvalue weighted by Gasteiger charge is 2.16. The predicted molar refractivity (Wildman–Crippen MR) is 103 cm³/mol. The Balaban J connectivity index is 2.19. The summed E-state index contributed by atoms with van der Waals surface area (Å²) in [5, 5.41) is 11.9. The fourth-order valence-electron chi connectivity index (χ4n) is 2.33. The zero-order valence-corrected chi connectivity index (χ0v) is 16.5. The number of carbonyl (C=O) groups is 2. The lowest BCUT2D eigenvalue weighted by Crippen LogP contribution is -2.28. The smallest absolute Gasteiger partial charge is 0.261 e. The number of halogens is 1. The van der Waals surface area contributed by atoms with E-state index in [0.717, 1.165) is 0 Å². The summed E-state index contributed by atoms with van der Waals surface area (Å²) in [6.07, 6.45) is 2.65. The van der Waals surface area contributed by atoms with Gasteiger partial charge < -0.3 is 19.3 Å². The van der Waals surface area contributed by atoms with Crippen LogP contribution in [0.5, 0.6) is 23.0 Å². The first-order valence-corrected chi connectivity index (χ1v) is 8.51. The SMILES string of the molecule is COc1ccc(/C=C/C(=O)NC(=O)c2cc(Br)ccc2O)c(OC)c1OC. The molecule has 8 heteroatoms. The zero-order chi connectivity index (χ0) is 20.0. The third kappa shape index (κ3) is 4.79. The van der Waals surface area contributed by atoms with Crippen LogP contribution in [0.2, 0.25) is 0 Å².